The van der Waals surface area contributed by atoms with E-state index in [2.05, 4.69) is 10.4 Å². The first-order chi connectivity index (χ1) is 12.4. The van der Waals surface area contributed by atoms with Crippen LogP contribution >= 0.6 is 0 Å². The van der Waals surface area contributed by atoms with E-state index in [0.717, 1.165) is 4.68 Å². The van der Waals surface area contributed by atoms with Gasteiger partial charge in [0.05, 0.1) is 11.4 Å². The van der Waals surface area contributed by atoms with Crippen LogP contribution in [0.25, 0.3) is 5.69 Å². The Kier molecular flexibility index (Phi) is 4.66. The van der Waals surface area contributed by atoms with Crippen molar-refractivity contribution in [2.75, 3.05) is 5.32 Å². The number of carbonyl (C=O) groups excluding carboxylic acids is 1. The monoisotopic (exact) mass is 361 g/mol. The molecule has 0 radical (unpaired) electrons. The first kappa shape index (κ1) is 17.5. The lowest BCUT2D eigenvalue weighted by Crippen LogP contribution is -2.19. The number of alkyl halides is 3. The third kappa shape index (κ3) is 3.69. The summed E-state index contributed by atoms with van der Waals surface area (Å²) in [6, 6.07) is 16.6. The number of ether oxygens (including phenoxy) is 1. The van der Waals surface area contributed by atoms with Gasteiger partial charge in [0, 0.05) is 5.69 Å². The van der Waals surface area contributed by atoms with Gasteiger partial charge in [0.1, 0.15) is 0 Å². The Bertz CT molecular complexity index is 907. The second kappa shape index (κ2) is 6.91. The number of aromatic nitrogens is 2. The van der Waals surface area contributed by atoms with E-state index in [9.17, 15) is 18.0 Å². The van der Waals surface area contributed by atoms with Gasteiger partial charge in [0.2, 0.25) is 5.69 Å². The van der Waals surface area contributed by atoms with Gasteiger partial charge < -0.3 is 4.74 Å². The maximum absolute atomic E-state index is 13.3. The van der Waals surface area contributed by atoms with Gasteiger partial charge in [0.25, 0.3) is 0 Å². The average Bonchev–Trinajstić information content (AvgIpc) is 2.93. The number of halogens is 3. The third-order valence-electron chi connectivity index (χ3n) is 3.55. The summed E-state index contributed by atoms with van der Waals surface area (Å²) in [5.74, 6) is -0.630. The molecule has 134 valence electrons. The van der Waals surface area contributed by atoms with Crippen LogP contribution in [0.1, 0.15) is 11.4 Å². The zero-order valence-corrected chi connectivity index (χ0v) is 13.6. The van der Waals surface area contributed by atoms with Crippen molar-refractivity contribution in [1.29, 1.82) is 0 Å². The Morgan fingerprint density at radius 1 is 1.04 bits per heavy atom. The van der Waals surface area contributed by atoms with Crippen LogP contribution in [0.2, 0.25) is 0 Å². The molecular formula is C18H14F3N3O2. The molecule has 0 aliphatic rings. The van der Waals surface area contributed by atoms with Crippen LogP contribution in [0.4, 0.5) is 23.7 Å². The number of nitrogens with zero attached hydrogens (tertiary/aromatic N) is 2. The van der Waals surface area contributed by atoms with Crippen molar-refractivity contribution in [3.8, 4) is 11.4 Å². The molecule has 0 aliphatic carbocycles. The number of rotatable bonds is 3. The number of hydrogen-bond acceptors (Lipinski definition) is 3. The summed E-state index contributed by atoms with van der Waals surface area (Å²) in [7, 11) is 0. The minimum absolute atomic E-state index is 0.0618. The van der Waals surface area contributed by atoms with Crippen LogP contribution < -0.4 is 10.1 Å². The largest absolute Gasteiger partial charge is 0.438 e. The van der Waals surface area contributed by atoms with Gasteiger partial charge in [-0.2, -0.15) is 18.3 Å². The molecule has 0 saturated heterocycles. The molecule has 1 aromatic heterocycles. The summed E-state index contributed by atoms with van der Waals surface area (Å²) in [6.45, 7) is 1.40. The van der Waals surface area contributed by atoms with E-state index >= 15 is 0 Å². The van der Waals surface area contributed by atoms with Gasteiger partial charge in [0.15, 0.2) is 5.75 Å². The van der Waals surface area contributed by atoms with E-state index < -0.39 is 23.7 Å². The summed E-state index contributed by atoms with van der Waals surface area (Å²) < 4.78 is 46.1. The fourth-order valence-electron chi connectivity index (χ4n) is 2.37. The van der Waals surface area contributed by atoms with Gasteiger partial charge in [-0.3, -0.25) is 5.32 Å². The molecule has 0 atom stereocenters. The van der Waals surface area contributed by atoms with Crippen molar-refractivity contribution in [2.45, 2.75) is 13.1 Å². The van der Waals surface area contributed by atoms with Crippen molar-refractivity contribution in [1.82, 2.24) is 9.78 Å². The predicted octanol–water partition coefficient (Wildman–Crippen LogP) is 4.81. The fraction of sp³-hybridized carbons (Fsp3) is 0.111. The smallest absolute Gasteiger partial charge is 0.406 e. The van der Waals surface area contributed by atoms with Crippen molar-refractivity contribution >= 4 is 11.8 Å². The number of anilines is 1. The van der Waals surface area contributed by atoms with E-state index in [-0.39, 0.29) is 5.69 Å². The molecule has 3 rings (SSSR count). The number of hydrogen-bond donors (Lipinski definition) is 1. The highest BCUT2D eigenvalue weighted by molar-refractivity contribution is 5.86. The highest BCUT2D eigenvalue weighted by Crippen LogP contribution is 2.38. The normalized spacial score (nSPS) is 11.2. The molecule has 2 aromatic carbocycles. The summed E-state index contributed by atoms with van der Waals surface area (Å²) in [5.41, 5.74) is -0.373. The molecular weight excluding hydrogens is 347 g/mol. The van der Waals surface area contributed by atoms with Crippen LogP contribution in [0.15, 0.2) is 60.7 Å². The molecule has 1 N–H and O–H groups in total. The summed E-state index contributed by atoms with van der Waals surface area (Å²) in [5, 5.41) is 5.98. The Morgan fingerprint density at radius 3 is 2.19 bits per heavy atom. The van der Waals surface area contributed by atoms with Gasteiger partial charge in [-0.05, 0) is 31.2 Å². The maximum Gasteiger partial charge on any atom is 0.438 e. The molecule has 0 unspecified atom stereocenters. The van der Waals surface area contributed by atoms with Crippen LogP contribution in [0.5, 0.6) is 5.75 Å². The average molecular weight is 361 g/mol. The van der Waals surface area contributed by atoms with Crippen LogP contribution in [-0.4, -0.2) is 15.9 Å². The zero-order chi connectivity index (χ0) is 18.7. The van der Waals surface area contributed by atoms with E-state index in [0.29, 0.717) is 11.4 Å². The van der Waals surface area contributed by atoms with Crippen molar-refractivity contribution < 1.29 is 22.7 Å². The van der Waals surface area contributed by atoms with Crippen molar-refractivity contribution in [3.63, 3.8) is 0 Å². The maximum atomic E-state index is 13.3. The van der Waals surface area contributed by atoms with Gasteiger partial charge in [-0.15, -0.1) is 0 Å². The topological polar surface area (TPSA) is 56.1 Å². The second-order valence-electron chi connectivity index (χ2n) is 5.39. The quantitative estimate of drug-likeness (QED) is 0.728. The molecule has 1 amide bonds. The summed E-state index contributed by atoms with van der Waals surface area (Å²) in [6.07, 6.45) is -5.80. The molecule has 3 aromatic rings. The Labute approximate surface area is 147 Å². The van der Waals surface area contributed by atoms with E-state index in [4.69, 9.17) is 4.74 Å². The number of carbonyl (C=O) groups is 1. The third-order valence-corrected chi connectivity index (χ3v) is 3.55. The van der Waals surface area contributed by atoms with Crippen LogP contribution in [-0.2, 0) is 6.18 Å². The first-order valence-electron chi connectivity index (χ1n) is 7.62. The zero-order valence-electron chi connectivity index (χ0n) is 13.6. The van der Waals surface area contributed by atoms with Crippen molar-refractivity contribution in [2.24, 2.45) is 0 Å². The Morgan fingerprint density at radius 2 is 1.62 bits per heavy atom. The van der Waals surface area contributed by atoms with E-state index in [1.165, 1.54) is 6.92 Å². The highest BCUT2D eigenvalue weighted by Gasteiger charge is 2.40. The molecule has 5 nitrogen and oxygen atoms in total. The number of para-hydroxylation sites is 2. The highest BCUT2D eigenvalue weighted by atomic mass is 19.4. The van der Waals surface area contributed by atoms with Gasteiger partial charge in [-0.25, -0.2) is 9.48 Å². The molecule has 0 aliphatic heterocycles. The molecule has 1 heterocycles. The van der Waals surface area contributed by atoms with Gasteiger partial charge in [-0.1, -0.05) is 36.4 Å². The molecule has 0 fully saturated rings. The first-order valence-corrected chi connectivity index (χ1v) is 7.62. The minimum atomic E-state index is -4.77. The standard InChI is InChI=1S/C18H14F3N3O2/c1-12-15(26-17(25)22-13-8-4-2-5-9-13)16(18(19,20)21)23-24(12)14-10-6-3-7-11-14/h2-11H,1H3,(H,22,25). The lowest BCUT2D eigenvalue weighted by Gasteiger charge is -2.09. The van der Waals surface area contributed by atoms with E-state index in [1.54, 1.807) is 60.7 Å². The SMILES string of the molecule is Cc1c(OC(=O)Nc2ccccc2)c(C(F)(F)F)nn1-c1ccccc1. The lowest BCUT2D eigenvalue weighted by molar-refractivity contribution is -0.142. The number of amides is 1. The molecule has 0 saturated carbocycles. The second-order valence-corrected chi connectivity index (χ2v) is 5.39. The number of nitrogens with one attached hydrogen (secondary N) is 1. The number of benzene rings is 2. The van der Waals surface area contributed by atoms with Gasteiger partial charge >= 0.3 is 12.3 Å². The predicted molar refractivity (Wildman–Crippen MR) is 89.4 cm³/mol. The molecule has 0 bridgehead atoms. The summed E-state index contributed by atoms with van der Waals surface area (Å²) in [4.78, 5) is 12.0. The molecule has 26 heavy (non-hydrogen) atoms. The Hall–Kier alpha value is -3.29. The summed E-state index contributed by atoms with van der Waals surface area (Å²) >= 11 is 0. The molecule has 0 spiro atoms. The molecule has 8 heteroatoms. The van der Waals surface area contributed by atoms with E-state index in [1.807, 2.05) is 0 Å². The van der Waals surface area contributed by atoms with Crippen LogP contribution in [0.3, 0.4) is 0 Å². The lowest BCUT2D eigenvalue weighted by atomic mass is 10.3. The fourth-order valence-corrected chi connectivity index (χ4v) is 2.37. The minimum Gasteiger partial charge on any atom is -0.406 e. The van der Waals surface area contributed by atoms with Crippen molar-refractivity contribution in [3.05, 3.63) is 72.1 Å². The van der Waals surface area contributed by atoms with Crippen LogP contribution in [0, 0.1) is 6.92 Å². The Balaban J connectivity index is 1.95.